The molecule has 0 spiro atoms. The van der Waals surface area contributed by atoms with Gasteiger partial charge in [-0.15, -0.1) is 0 Å². The molecule has 0 N–H and O–H groups in total. The van der Waals surface area contributed by atoms with Crippen LogP contribution >= 0.6 is 0 Å². The second kappa shape index (κ2) is 7.61. The van der Waals surface area contributed by atoms with Crippen molar-refractivity contribution in [2.45, 2.75) is 34.0 Å². The molecule has 5 nitrogen and oxygen atoms in total. The Balaban J connectivity index is 2.65. The van der Waals surface area contributed by atoms with Gasteiger partial charge in [0.25, 0.3) is 6.29 Å². The van der Waals surface area contributed by atoms with Crippen molar-refractivity contribution in [1.82, 2.24) is 0 Å². The third-order valence-electron chi connectivity index (χ3n) is 2.49. The zero-order valence-electron chi connectivity index (χ0n) is 12.5. The summed E-state index contributed by atoms with van der Waals surface area (Å²) in [5.74, 6) is -2.04. The molecule has 0 aliphatic heterocycles. The summed E-state index contributed by atoms with van der Waals surface area (Å²) in [7, 11) is 0. The van der Waals surface area contributed by atoms with Crippen LogP contribution in [-0.2, 0) is 14.3 Å². The molecule has 0 aromatic heterocycles. The lowest BCUT2D eigenvalue weighted by atomic mass is 10.2. The van der Waals surface area contributed by atoms with Gasteiger partial charge in [-0.3, -0.25) is 4.79 Å². The van der Waals surface area contributed by atoms with Gasteiger partial charge in [0.2, 0.25) is 0 Å². The molecule has 1 atom stereocenters. The molecule has 0 fully saturated rings. The van der Waals surface area contributed by atoms with Crippen LogP contribution < -0.4 is 4.74 Å². The van der Waals surface area contributed by atoms with Crippen LogP contribution in [0.1, 0.15) is 27.7 Å². The molecule has 0 saturated carbocycles. The molecular weight excluding hydrogens is 279 g/mol. The molecule has 21 heavy (non-hydrogen) atoms. The number of carbonyl (C=O) groups excluding carboxylic acids is 2. The molecule has 0 heterocycles. The minimum atomic E-state index is -1.13. The van der Waals surface area contributed by atoms with Crippen LogP contribution in [0.3, 0.4) is 0 Å². The Morgan fingerprint density at radius 1 is 1.05 bits per heavy atom. The molecule has 6 heteroatoms. The fraction of sp³-hybridized carbons (Fsp3) is 0.467. The van der Waals surface area contributed by atoms with E-state index in [9.17, 15) is 14.0 Å². The van der Waals surface area contributed by atoms with Gasteiger partial charge in [0.1, 0.15) is 0 Å². The zero-order valence-corrected chi connectivity index (χ0v) is 12.5. The maximum absolute atomic E-state index is 13.3. The van der Waals surface area contributed by atoms with Crippen molar-refractivity contribution in [1.29, 1.82) is 0 Å². The van der Waals surface area contributed by atoms with E-state index in [2.05, 4.69) is 0 Å². The monoisotopic (exact) mass is 298 g/mol. The Kier molecular flexibility index (Phi) is 6.14. The van der Waals surface area contributed by atoms with E-state index < -0.39 is 24.2 Å². The molecule has 0 aliphatic carbocycles. The molecule has 1 aromatic carbocycles. The van der Waals surface area contributed by atoms with Gasteiger partial charge in [-0.1, -0.05) is 39.8 Å². The predicted octanol–water partition coefficient (Wildman–Crippen LogP) is 3.52. The number of halogens is 1. The highest BCUT2D eigenvalue weighted by molar-refractivity contribution is 5.72. The summed E-state index contributed by atoms with van der Waals surface area (Å²) in [6.45, 7) is 6.76. The number of hydrogen-bond acceptors (Lipinski definition) is 5. The van der Waals surface area contributed by atoms with Crippen molar-refractivity contribution < 1.29 is 28.2 Å². The third kappa shape index (κ3) is 5.41. The van der Waals surface area contributed by atoms with Gasteiger partial charge < -0.3 is 14.2 Å². The lowest BCUT2D eigenvalue weighted by Crippen LogP contribution is -2.32. The first kappa shape index (κ1) is 16.9. The quantitative estimate of drug-likeness (QED) is 0.473. The summed E-state index contributed by atoms with van der Waals surface area (Å²) in [5, 5.41) is 0. The third-order valence-corrected chi connectivity index (χ3v) is 2.49. The first-order valence-corrected chi connectivity index (χ1v) is 6.64. The number of para-hydroxylation sites is 1. The van der Waals surface area contributed by atoms with Gasteiger partial charge in [0.15, 0.2) is 11.6 Å². The molecule has 0 bridgehead atoms. The molecular formula is C15H19FO5. The van der Waals surface area contributed by atoms with Gasteiger partial charge in [-0.2, -0.15) is 0 Å². The zero-order chi connectivity index (χ0) is 16.0. The molecule has 0 saturated heterocycles. The first-order chi connectivity index (χ1) is 9.81. The van der Waals surface area contributed by atoms with Gasteiger partial charge in [-0.25, -0.2) is 9.18 Å². The summed E-state index contributed by atoms with van der Waals surface area (Å²) in [6.07, 6.45) is -2.21. The van der Waals surface area contributed by atoms with Gasteiger partial charge >= 0.3 is 12.1 Å². The van der Waals surface area contributed by atoms with Crippen molar-refractivity contribution in [3.05, 3.63) is 30.1 Å². The van der Waals surface area contributed by atoms with Crippen LogP contribution in [0.2, 0.25) is 0 Å². The first-order valence-electron chi connectivity index (χ1n) is 6.64. The predicted molar refractivity (Wildman–Crippen MR) is 73.1 cm³/mol. The lowest BCUT2D eigenvalue weighted by Gasteiger charge is -2.21. The summed E-state index contributed by atoms with van der Waals surface area (Å²) in [4.78, 5) is 23.2. The standard InChI is InChI=1S/C15H19FO5/c1-9(2)13(17)20-14(10(3)4)21-15(18)19-12-8-6-5-7-11(12)16/h5-10,14H,1-4H3/t14-/m0/s1. The van der Waals surface area contributed by atoms with Crippen LogP contribution in [0.25, 0.3) is 0 Å². The van der Waals surface area contributed by atoms with E-state index >= 15 is 0 Å². The molecule has 0 radical (unpaired) electrons. The molecule has 116 valence electrons. The molecule has 0 amide bonds. The van der Waals surface area contributed by atoms with E-state index in [1.807, 2.05) is 0 Å². The second-order valence-corrected chi connectivity index (χ2v) is 5.10. The number of rotatable bonds is 5. The fourth-order valence-electron chi connectivity index (χ4n) is 1.28. The van der Waals surface area contributed by atoms with E-state index in [0.717, 1.165) is 6.07 Å². The van der Waals surface area contributed by atoms with Gasteiger partial charge in [0.05, 0.1) is 5.92 Å². The summed E-state index contributed by atoms with van der Waals surface area (Å²) >= 11 is 0. The van der Waals surface area contributed by atoms with Gasteiger partial charge in [-0.05, 0) is 12.1 Å². The van der Waals surface area contributed by atoms with Crippen LogP contribution in [0, 0.1) is 17.7 Å². The number of esters is 1. The van der Waals surface area contributed by atoms with Crippen molar-refractivity contribution in [2.24, 2.45) is 11.8 Å². The molecule has 0 unspecified atom stereocenters. The van der Waals surface area contributed by atoms with Crippen molar-refractivity contribution in [3.63, 3.8) is 0 Å². The number of benzene rings is 1. The van der Waals surface area contributed by atoms with Gasteiger partial charge in [0, 0.05) is 5.92 Å². The minimum Gasteiger partial charge on any atom is -0.425 e. The maximum Gasteiger partial charge on any atom is 0.517 e. The maximum atomic E-state index is 13.3. The smallest absolute Gasteiger partial charge is 0.425 e. The summed E-state index contributed by atoms with van der Waals surface area (Å²) in [5.41, 5.74) is 0. The number of hydrogen-bond donors (Lipinski definition) is 0. The van der Waals surface area contributed by atoms with Crippen LogP contribution in [0.4, 0.5) is 9.18 Å². The average Bonchev–Trinajstić information content (AvgIpc) is 2.40. The molecule has 1 aromatic rings. The highest BCUT2D eigenvalue weighted by Gasteiger charge is 2.25. The van der Waals surface area contributed by atoms with Crippen LogP contribution in [0.5, 0.6) is 5.75 Å². The Hall–Kier alpha value is -2.11. The highest BCUT2D eigenvalue weighted by atomic mass is 19.1. The summed E-state index contributed by atoms with van der Waals surface area (Å²) < 4.78 is 28.1. The molecule has 0 aliphatic rings. The topological polar surface area (TPSA) is 61.8 Å². The molecule has 1 rings (SSSR count). The second-order valence-electron chi connectivity index (χ2n) is 5.10. The van der Waals surface area contributed by atoms with E-state index in [1.165, 1.54) is 18.2 Å². The number of ether oxygens (including phenoxy) is 3. The fourth-order valence-corrected chi connectivity index (χ4v) is 1.28. The van der Waals surface area contributed by atoms with E-state index in [4.69, 9.17) is 14.2 Å². The normalized spacial score (nSPS) is 12.1. The van der Waals surface area contributed by atoms with E-state index in [1.54, 1.807) is 27.7 Å². The van der Waals surface area contributed by atoms with Crippen LogP contribution in [0.15, 0.2) is 24.3 Å². The van der Waals surface area contributed by atoms with E-state index in [0.29, 0.717) is 0 Å². The Bertz CT molecular complexity index is 499. The summed E-state index contributed by atoms with van der Waals surface area (Å²) in [6, 6.07) is 5.43. The van der Waals surface area contributed by atoms with Crippen molar-refractivity contribution >= 4 is 12.1 Å². The Labute approximate surface area is 123 Å². The largest absolute Gasteiger partial charge is 0.517 e. The van der Waals surface area contributed by atoms with E-state index in [-0.39, 0.29) is 17.6 Å². The van der Waals surface area contributed by atoms with Crippen LogP contribution in [-0.4, -0.2) is 18.4 Å². The minimum absolute atomic E-state index is 0.250. The highest BCUT2D eigenvalue weighted by Crippen LogP contribution is 2.18. The Morgan fingerprint density at radius 2 is 1.67 bits per heavy atom. The SMILES string of the molecule is CC(C)C(=O)O[C@@H](OC(=O)Oc1ccccc1F)C(C)C. The van der Waals surface area contributed by atoms with Crippen molar-refractivity contribution in [2.75, 3.05) is 0 Å². The average molecular weight is 298 g/mol. The Morgan fingerprint density at radius 3 is 2.19 bits per heavy atom. The number of carbonyl (C=O) groups is 2. The lowest BCUT2D eigenvalue weighted by molar-refractivity contribution is -0.180. The van der Waals surface area contributed by atoms with Crippen molar-refractivity contribution in [3.8, 4) is 5.75 Å².